The topological polar surface area (TPSA) is 35.2 Å². The van der Waals surface area contributed by atoms with Crippen molar-refractivity contribution < 1.29 is 13.5 Å². The van der Waals surface area contributed by atoms with Gasteiger partial charge in [-0.25, -0.2) is 8.78 Å². The molecule has 2 nitrogen and oxygen atoms in total. The van der Waals surface area contributed by atoms with Crippen molar-refractivity contribution >= 4 is 12.4 Å². The van der Waals surface area contributed by atoms with Crippen LogP contribution in [0.2, 0.25) is 0 Å². The van der Waals surface area contributed by atoms with Gasteiger partial charge in [-0.3, -0.25) is 0 Å². The van der Waals surface area contributed by atoms with E-state index in [0.717, 1.165) is 6.07 Å². The molecule has 0 aliphatic rings. The van der Waals surface area contributed by atoms with E-state index in [-0.39, 0.29) is 23.7 Å². The minimum absolute atomic E-state index is 0. The maximum atomic E-state index is 13.3. The van der Waals surface area contributed by atoms with E-state index in [1.54, 1.807) is 0 Å². The molecule has 5 heteroatoms. The molecule has 14 heavy (non-hydrogen) atoms. The highest BCUT2D eigenvalue weighted by Crippen LogP contribution is 2.26. The molecule has 0 heterocycles. The molecule has 1 aromatic carbocycles. The molecule has 0 radical (unpaired) electrons. The molecule has 0 aromatic heterocycles. The van der Waals surface area contributed by atoms with Gasteiger partial charge in [0.1, 0.15) is 5.82 Å². The molecule has 0 amide bonds. The highest BCUT2D eigenvalue weighted by atomic mass is 35.5. The molecule has 0 aliphatic carbocycles. The molecule has 1 aromatic rings. The first-order valence-corrected chi connectivity index (χ1v) is 3.85. The Bertz CT molecular complexity index is 318. The summed E-state index contributed by atoms with van der Waals surface area (Å²) in [5, 5.41) is 0. The number of nitrogens with two attached hydrogens (primary N) is 1. The van der Waals surface area contributed by atoms with E-state index in [9.17, 15) is 8.78 Å². The average Bonchev–Trinajstić information content (AvgIpc) is 2.04. The summed E-state index contributed by atoms with van der Waals surface area (Å²) in [4.78, 5) is 0. The monoisotopic (exact) mass is 223 g/mol. The zero-order valence-corrected chi connectivity index (χ0v) is 8.70. The van der Waals surface area contributed by atoms with E-state index >= 15 is 0 Å². The summed E-state index contributed by atoms with van der Waals surface area (Å²) in [6, 6.07) is 1.69. The number of benzene rings is 1. The van der Waals surface area contributed by atoms with Gasteiger partial charge in [0.2, 0.25) is 0 Å². The van der Waals surface area contributed by atoms with E-state index in [1.807, 2.05) is 0 Å². The lowest BCUT2D eigenvalue weighted by molar-refractivity contribution is 0.378. The molecule has 80 valence electrons. The number of ether oxygens (including phenoxy) is 1. The summed E-state index contributed by atoms with van der Waals surface area (Å²) in [5.74, 6) is -1.36. The van der Waals surface area contributed by atoms with E-state index in [0.29, 0.717) is 0 Å². The van der Waals surface area contributed by atoms with Gasteiger partial charge in [0.15, 0.2) is 11.6 Å². The molecule has 0 saturated carbocycles. The van der Waals surface area contributed by atoms with Crippen molar-refractivity contribution in [2.75, 3.05) is 7.11 Å². The molecule has 1 atom stereocenters. The second-order valence-electron chi connectivity index (χ2n) is 2.77. The number of methoxy groups -OCH3 is 1. The first kappa shape index (κ1) is 13.1. The maximum Gasteiger partial charge on any atom is 0.172 e. The summed E-state index contributed by atoms with van der Waals surface area (Å²) in [5.41, 5.74) is 5.26. The predicted octanol–water partition coefficient (Wildman–Crippen LogP) is 2.41. The molecule has 0 fully saturated rings. The molecule has 0 unspecified atom stereocenters. The summed E-state index contributed by atoms with van der Waals surface area (Å²) in [6.07, 6.45) is 0. The van der Waals surface area contributed by atoms with Gasteiger partial charge < -0.3 is 10.5 Å². The molecule has 0 aliphatic heterocycles. The van der Waals surface area contributed by atoms with Crippen LogP contribution in [0.5, 0.6) is 5.75 Å². The molecule has 0 bridgehead atoms. The van der Waals surface area contributed by atoms with Gasteiger partial charge in [-0.2, -0.15) is 0 Å². The summed E-state index contributed by atoms with van der Waals surface area (Å²) in [7, 11) is 1.32. The van der Waals surface area contributed by atoms with Gasteiger partial charge in [0.05, 0.1) is 7.11 Å². The summed E-state index contributed by atoms with van der Waals surface area (Å²) in [6.45, 7) is 1.51. The summed E-state index contributed by atoms with van der Waals surface area (Å²) >= 11 is 0. The van der Waals surface area contributed by atoms with Crippen molar-refractivity contribution in [3.63, 3.8) is 0 Å². The van der Waals surface area contributed by atoms with E-state index in [1.165, 1.54) is 20.1 Å². The van der Waals surface area contributed by atoms with E-state index in [4.69, 9.17) is 10.5 Å². The highest BCUT2D eigenvalue weighted by molar-refractivity contribution is 5.85. The number of hydrogen-bond donors (Lipinski definition) is 1. The Morgan fingerprint density at radius 3 is 2.36 bits per heavy atom. The fourth-order valence-electron chi connectivity index (χ4n) is 1.12. The van der Waals surface area contributed by atoms with Gasteiger partial charge >= 0.3 is 0 Å². The Balaban J connectivity index is 0.00000169. The van der Waals surface area contributed by atoms with Crippen LogP contribution in [-0.4, -0.2) is 7.11 Å². The zero-order chi connectivity index (χ0) is 10.0. The molecule has 0 spiro atoms. The van der Waals surface area contributed by atoms with Gasteiger partial charge in [-0.05, 0) is 19.1 Å². The minimum Gasteiger partial charge on any atom is -0.494 e. The largest absolute Gasteiger partial charge is 0.494 e. The lowest BCUT2D eigenvalue weighted by Crippen LogP contribution is -2.10. The van der Waals surface area contributed by atoms with Crippen molar-refractivity contribution in [1.82, 2.24) is 0 Å². The quantitative estimate of drug-likeness (QED) is 0.836. The Labute approximate surface area is 87.5 Å². The third-order valence-corrected chi connectivity index (χ3v) is 1.77. The molecule has 2 N–H and O–H groups in total. The van der Waals surface area contributed by atoms with Crippen molar-refractivity contribution in [1.29, 1.82) is 0 Å². The second-order valence-corrected chi connectivity index (χ2v) is 2.77. The standard InChI is InChI=1S/C9H11F2NO.ClH/c1-5(12)8-6(10)3-4-7(13-2)9(8)11;/h3-5H,12H2,1-2H3;1H/t5-;/m0./s1. The number of hydrogen-bond acceptors (Lipinski definition) is 2. The van der Waals surface area contributed by atoms with Crippen LogP contribution in [-0.2, 0) is 0 Å². The first-order chi connectivity index (χ1) is 6.07. The first-order valence-electron chi connectivity index (χ1n) is 3.85. The third kappa shape index (κ3) is 2.33. The predicted molar refractivity (Wildman–Crippen MR) is 52.8 cm³/mol. The van der Waals surface area contributed by atoms with Crippen molar-refractivity contribution in [3.8, 4) is 5.75 Å². The van der Waals surface area contributed by atoms with Crippen LogP contribution in [0.3, 0.4) is 0 Å². The molecule has 0 saturated heterocycles. The number of halogens is 3. The van der Waals surface area contributed by atoms with Gasteiger partial charge in [-0.1, -0.05) is 0 Å². The van der Waals surface area contributed by atoms with Crippen LogP contribution in [0.15, 0.2) is 12.1 Å². The fourth-order valence-corrected chi connectivity index (χ4v) is 1.12. The van der Waals surface area contributed by atoms with Crippen LogP contribution in [0, 0.1) is 11.6 Å². The normalized spacial score (nSPS) is 11.8. The van der Waals surface area contributed by atoms with Crippen molar-refractivity contribution in [2.24, 2.45) is 5.73 Å². The lowest BCUT2D eigenvalue weighted by Gasteiger charge is -2.11. The van der Waals surface area contributed by atoms with E-state index in [2.05, 4.69) is 0 Å². The Kier molecular flexibility index (Phi) is 4.80. The maximum absolute atomic E-state index is 13.3. The van der Waals surface area contributed by atoms with Crippen LogP contribution in [0.4, 0.5) is 8.78 Å². The summed E-state index contributed by atoms with van der Waals surface area (Å²) < 4.78 is 31.1. The highest BCUT2D eigenvalue weighted by Gasteiger charge is 2.16. The van der Waals surface area contributed by atoms with Crippen molar-refractivity contribution in [3.05, 3.63) is 29.3 Å². The van der Waals surface area contributed by atoms with Gasteiger partial charge in [-0.15, -0.1) is 12.4 Å². The smallest absolute Gasteiger partial charge is 0.172 e. The minimum atomic E-state index is -0.725. The Morgan fingerprint density at radius 1 is 1.36 bits per heavy atom. The SMILES string of the molecule is COc1ccc(F)c([C@H](C)N)c1F.Cl. The second kappa shape index (κ2) is 5.12. The van der Waals surface area contributed by atoms with Crippen LogP contribution < -0.4 is 10.5 Å². The Hall–Kier alpha value is -0.870. The van der Waals surface area contributed by atoms with Crippen LogP contribution in [0.1, 0.15) is 18.5 Å². The zero-order valence-electron chi connectivity index (χ0n) is 7.88. The van der Waals surface area contributed by atoms with Crippen LogP contribution in [0.25, 0.3) is 0 Å². The van der Waals surface area contributed by atoms with Crippen molar-refractivity contribution in [2.45, 2.75) is 13.0 Å². The molecular formula is C9H12ClF2NO. The Morgan fingerprint density at radius 2 is 1.93 bits per heavy atom. The van der Waals surface area contributed by atoms with Gasteiger partial charge in [0.25, 0.3) is 0 Å². The third-order valence-electron chi connectivity index (χ3n) is 1.77. The number of rotatable bonds is 2. The average molecular weight is 224 g/mol. The fraction of sp³-hybridized carbons (Fsp3) is 0.333. The van der Waals surface area contributed by atoms with E-state index < -0.39 is 17.7 Å². The molecule has 1 rings (SSSR count). The van der Waals surface area contributed by atoms with Crippen LogP contribution >= 0.6 is 12.4 Å². The lowest BCUT2D eigenvalue weighted by atomic mass is 10.1. The molecular weight excluding hydrogens is 212 g/mol. The van der Waals surface area contributed by atoms with Gasteiger partial charge in [0, 0.05) is 11.6 Å².